The molecular weight excluding hydrogens is 308 g/mol. The smallest absolute Gasteiger partial charge is 0.287 e. The van der Waals surface area contributed by atoms with Crippen molar-refractivity contribution in [3.8, 4) is 11.5 Å². The van der Waals surface area contributed by atoms with Gasteiger partial charge in [-0.3, -0.25) is 14.6 Å². The molecule has 2 heterocycles. The standard InChI is InChI=1S/C18H18N2O4/c21-15(8-4-7-14-6-1-2-10-19-14)18(22)20-11-13-5-3-9-16-17(13)24-12-23-16/h1-3,5-6,9-10H,4,7-8,11-12H2,(H,20,22). The highest BCUT2D eigenvalue weighted by Gasteiger charge is 2.19. The van der Waals surface area contributed by atoms with E-state index in [1.807, 2.05) is 30.3 Å². The molecule has 1 aliphatic rings. The lowest BCUT2D eigenvalue weighted by molar-refractivity contribution is -0.138. The Hall–Kier alpha value is -2.89. The van der Waals surface area contributed by atoms with Gasteiger partial charge in [-0.2, -0.15) is 0 Å². The summed E-state index contributed by atoms with van der Waals surface area (Å²) in [5.41, 5.74) is 1.71. The molecular formula is C18H18N2O4. The Bertz CT molecular complexity index is 731. The van der Waals surface area contributed by atoms with Crippen LogP contribution < -0.4 is 14.8 Å². The average Bonchev–Trinajstić information content (AvgIpc) is 3.09. The molecule has 1 N–H and O–H groups in total. The average molecular weight is 326 g/mol. The number of nitrogens with zero attached hydrogens (tertiary/aromatic N) is 1. The largest absolute Gasteiger partial charge is 0.454 e. The van der Waals surface area contributed by atoms with Gasteiger partial charge < -0.3 is 14.8 Å². The maximum Gasteiger partial charge on any atom is 0.287 e. The number of nitrogens with one attached hydrogen (secondary N) is 1. The predicted octanol–water partition coefficient (Wildman–Crippen LogP) is 2.02. The van der Waals surface area contributed by atoms with Crippen molar-refractivity contribution in [2.45, 2.75) is 25.8 Å². The summed E-state index contributed by atoms with van der Waals surface area (Å²) >= 11 is 0. The molecule has 0 saturated carbocycles. The number of amides is 1. The fourth-order valence-corrected chi connectivity index (χ4v) is 2.49. The molecule has 2 aromatic rings. The SMILES string of the molecule is O=C(CCCc1ccccn1)C(=O)NCc1cccc2c1OCO2. The number of Topliss-reactive ketones (excluding diaryl/α,β-unsaturated/α-hetero) is 1. The van der Waals surface area contributed by atoms with Gasteiger partial charge in [0, 0.05) is 30.4 Å². The molecule has 0 atom stereocenters. The Labute approximate surface area is 139 Å². The summed E-state index contributed by atoms with van der Waals surface area (Å²) in [6, 6.07) is 11.1. The summed E-state index contributed by atoms with van der Waals surface area (Å²) in [6.07, 6.45) is 3.20. The number of para-hydroxylation sites is 1. The van der Waals surface area contributed by atoms with Gasteiger partial charge in [0.2, 0.25) is 12.6 Å². The Kier molecular flexibility index (Phi) is 5.05. The molecule has 1 aliphatic heterocycles. The van der Waals surface area contributed by atoms with E-state index in [2.05, 4.69) is 10.3 Å². The highest BCUT2D eigenvalue weighted by Crippen LogP contribution is 2.35. The van der Waals surface area contributed by atoms with Crippen LogP contribution in [0.2, 0.25) is 0 Å². The molecule has 0 bridgehead atoms. The first kappa shape index (κ1) is 16.0. The van der Waals surface area contributed by atoms with Crippen LogP contribution in [0.15, 0.2) is 42.6 Å². The number of aromatic nitrogens is 1. The van der Waals surface area contributed by atoms with E-state index in [9.17, 15) is 9.59 Å². The monoisotopic (exact) mass is 326 g/mol. The van der Waals surface area contributed by atoms with Crippen LogP contribution in [0.3, 0.4) is 0 Å². The van der Waals surface area contributed by atoms with Crippen molar-refractivity contribution in [3.05, 3.63) is 53.9 Å². The molecule has 0 radical (unpaired) electrons. The summed E-state index contributed by atoms with van der Waals surface area (Å²) in [5.74, 6) is 0.284. The van der Waals surface area contributed by atoms with E-state index in [4.69, 9.17) is 9.47 Å². The second-order valence-corrected chi connectivity index (χ2v) is 5.43. The number of benzene rings is 1. The molecule has 1 aromatic heterocycles. The minimum Gasteiger partial charge on any atom is -0.454 e. The molecule has 124 valence electrons. The fraction of sp³-hybridized carbons (Fsp3) is 0.278. The van der Waals surface area contributed by atoms with Crippen molar-refractivity contribution < 1.29 is 19.1 Å². The maximum absolute atomic E-state index is 11.9. The maximum atomic E-state index is 11.9. The van der Waals surface area contributed by atoms with E-state index < -0.39 is 11.7 Å². The van der Waals surface area contributed by atoms with E-state index in [-0.39, 0.29) is 19.8 Å². The number of carbonyl (C=O) groups excluding carboxylic acids is 2. The second kappa shape index (κ2) is 7.59. The lowest BCUT2D eigenvalue weighted by Gasteiger charge is -2.07. The zero-order valence-corrected chi connectivity index (χ0v) is 13.2. The normalized spacial score (nSPS) is 12.0. The Morgan fingerprint density at radius 1 is 1.12 bits per heavy atom. The Morgan fingerprint density at radius 2 is 2.04 bits per heavy atom. The van der Waals surface area contributed by atoms with E-state index in [0.29, 0.717) is 24.3 Å². The topological polar surface area (TPSA) is 77.5 Å². The van der Waals surface area contributed by atoms with Crippen LogP contribution in [0.4, 0.5) is 0 Å². The van der Waals surface area contributed by atoms with Crippen molar-refractivity contribution >= 4 is 11.7 Å². The third-order valence-corrected chi connectivity index (χ3v) is 3.73. The second-order valence-electron chi connectivity index (χ2n) is 5.43. The number of hydrogen-bond donors (Lipinski definition) is 1. The molecule has 24 heavy (non-hydrogen) atoms. The number of pyridine rings is 1. The lowest BCUT2D eigenvalue weighted by Crippen LogP contribution is -2.30. The van der Waals surface area contributed by atoms with Gasteiger partial charge >= 0.3 is 0 Å². The molecule has 6 heteroatoms. The van der Waals surface area contributed by atoms with Gasteiger partial charge in [0.15, 0.2) is 11.5 Å². The molecule has 3 rings (SSSR count). The molecule has 0 fully saturated rings. The summed E-state index contributed by atoms with van der Waals surface area (Å²) in [4.78, 5) is 28.0. The van der Waals surface area contributed by atoms with Crippen molar-refractivity contribution in [1.82, 2.24) is 10.3 Å². The van der Waals surface area contributed by atoms with E-state index in [0.717, 1.165) is 11.3 Å². The fourth-order valence-electron chi connectivity index (χ4n) is 2.49. The molecule has 0 aliphatic carbocycles. The number of aryl methyl sites for hydroxylation is 1. The zero-order valence-electron chi connectivity index (χ0n) is 13.2. The minimum atomic E-state index is -0.576. The molecule has 6 nitrogen and oxygen atoms in total. The molecule has 0 saturated heterocycles. The Morgan fingerprint density at radius 3 is 2.88 bits per heavy atom. The van der Waals surface area contributed by atoms with Gasteiger partial charge in [0.25, 0.3) is 5.91 Å². The molecule has 1 aromatic carbocycles. The summed E-state index contributed by atoms with van der Waals surface area (Å²) in [5, 5.41) is 2.64. The van der Waals surface area contributed by atoms with Gasteiger partial charge in [0.1, 0.15) is 0 Å². The lowest BCUT2D eigenvalue weighted by atomic mass is 10.1. The van der Waals surface area contributed by atoms with Gasteiger partial charge in [-0.1, -0.05) is 18.2 Å². The van der Waals surface area contributed by atoms with Crippen molar-refractivity contribution in [2.75, 3.05) is 6.79 Å². The summed E-state index contributed by atoms with van der Waals surface area (Å²) in [6.45, 7) is 0.407. The number of rotatable bonds is 7. The highest BCUT2D eigenvalue weighted by molar-refractivity contribution is 6.36. The first-order chi connectivity index (χ1) is 11.7. The van der Waals surface area contributed by atoms with E-state index in [1.165, 1.54) is 0 Å². The van der Waals surface area contributed by atoms with Crippen LogP contribution in [0.5, 0.6) is 11.5 Å². The van der Waals surface area contributed by atoms with Crippen LogP contribution in [0, 0.1) is 0 Å². The molecule has 1 amide bonds. The number of carbonyl (C=O) groups is 2. The van der Waals surface area contributed by atoms with Gasteiger partial charge in [-0.15, -0.1) is 0 Å². The van der Waals surface area contributed by atoms with E-state index in [1.54, 1.807) is 12.3 Å². The quantitative estimate of drug-likeness (QED) is 0.788. The van der Waals surface area contributed by atoms with Gasteiger partial charge in [-0.05, 0) is 31.0 Å². The van der Waals surface area contributed by atoms with Crippen molar-refractivity contribution in [1.29, 1.82) is 0 Å². The van der Waals surface area contributed by atoms with Crippen LogP contribution in [-0.2, 0) is 22.6 Å². The minimum absolute atomic E-state index is 0.173. The van der Waals surface area contributed by atoms with Crippen LogP contribution in [0.25, 0.3) is 0 Å². The van der Waals surface area contributed by atoms with Gasteiger partial charge in [0.05, 0.1) is 0 Å². The number of ketones is 1. The summed E-state index contributed by atoms with van der Waals surface area (Å²) < 4.78 is 10.7. The molecule has 0 unspecified atom stereocenters. The zero-order chi connectivity index (χ0) is 16.8. The van der Waals surface area contributed by atoms with E-state index >= 15 is 0 Å². The van der Waals surface area contributed by atoms with Gasteiger partial charge in [-0.25, -0.2) is 0 Å². The molecule has 0 spiro atoms. The number of hydrogen-bond acceptors (Lipinski definition) is 5. The third-order valence-electron chi connectivity index (χ3n) is 3.73. The summed E-state index contributed by atoms with van der Waals surface area (Å²) in [7, 11) is 0. The van der Waals surface area contributed by atoms with Crippen LogP contribution in [0.1, 0.15) is 24.1 Å². The van der Waals surface area contributed by atoms with Crippen molar-refractivity contribution in [3.63, 3.8) is 0 Å². The predicted molar refractivity (Wildman–Crippen MR) is 86.6 cm³/mol. The first-order valence-corrected chi connectivity index (χ1v) is 7.82. The highest BCUT2D eigenvalue weighted by atomic mass is 16.7. The van der Waals surface area contributed by atoms with Crippen molar-refractivity contribution in [2.24, 2.45) is 0 Å². The number of ether oxygens (including phenoxy) is 2. The first-order valence-electron chi connectivity index (χ1n) is 7.82. The third kappa shape index (κ3) is 3.90. The van der Waals surface area contributed by atoms with Crippen LogP contribution >= 0.6 is 0 Å². The Balaban J connectivity index is 1.45. The number of fused-ring (bicyclic) bond motifs is 1. The van der Waals surface area contributed by atoms with Crippen LogP contribution in [-0.4, -0.2) is 23.5 Å².